The molecule has 1 aliphatic heterocycles. The largest absolute Gasteiger partial charge is 0.388 e. The van der Waals surface area contributed by atoms with Gasteiger partial charge >= 0.3 is 0 Å². The number of carbonyl (C=O) groups excluding carboxylic acids is 4. The number of carbonyl (C=O) groups is 4. The van der Waals surface area contributed by atoms with Gasteiger partial charge in [-0.05, 0) is 42.7 Å². The average Bonchev–Trinajstić information content (AvgIpc) is 3.38. The van der Waals surface area contributed by atoms with Crippen LogP contribution in [0.3, 0.4) is 0 Å². The van der Waals surface area contributed by atoms with Crippen LogP contribution in [0.15, 0.2) is 54.6 Å². The number of halogens is 1. The molecule has 1 heterocycles. The lowest BCUT2D eigenvalue weighted by Crippen LogP contribution is -2.43. The first-order valence-corrected chi connectivity index (χ1v) is 13.0. The predicted octanol–water partition coefficient (Wildman–Crippen LogP) is 4.23. The Kier molecular flexibility index (Phi) is 18.5. The molecule has 10 heteroatoms. The molecule has 0 spiro atoms. The molecule has 218 valence electrons. The number of nitrogens with one attached hydrogen (secondary N) is 2. The lowest BCUT2D eigenvalue weighted by Gasteiger charge is -2.23. The highest BCUT2D eigenvalue weighted by molar-refractivity contribution is 5.91. The molecule has 2 atom stereocenters. The minimum absolute atomic E-state index is 0.198. The number of hydrogen-bond donors (Lipinski definition) is 2. The lowest BCUT2D eigenvalue weighted by atomic mass is 10.1. The van der Waals surface area contributed by atoms with E-state index in [0.29, 0.717) is 12.7 Å². The second-order valence-corrected chi connectivity index (χ2v) is 9.55. The minimum Gasteiger partial charge on any atom is -0.388 e. The molecule has 2 amide bonds. The fourth-order valence-corrected chi connectivity index (χ4v) is 3.22. The molecule has 1 aliphatic rings. The number of likely N-dealkylation sites (tertiary alicyclic amines) is 1. The molecule has 0 bridgehead atoms. The van der Waals surface area contributed by atoms with Gasteiger partial charge in [0.05, 0.1) is 19.0 Å². The molecule has 3 rings (SSSR count). The van der Waals surface area contributed by atoms with E-state index >= 15 is 0 Å². The van der Waals surface area contributed by atoms with E-state index in [2.05, 4.69) is 31.4 Å². The van der Waals surface area contributed by atoms with Crippen molar-refractivity contribution >= 4 is 35.8 Å². The highest BCUT2D eigenvalue weighted by Gasteiger charge is 2.35. The lowest BCUT2D eigenvalue weighted by molar-refractivity contribution is -0.140. The van der Waals surface area contributed by atoms with Crippen LogP contribution in [0.1, 0.15) is 33.6 Å². The molecule has 40 heavy (non-hydrogen) atoms. The SMILES string of the molecule is CC(C)C.CN(CC(=O)N1CC(C=O)CC1C#N)C(=O)CC=O.CNc1cccc(F)c1.CNc1ccccc1. The molecule has 1 fully saturated rings. The van der Waals surface area contributed by atoms with Crippen molar-refractivity contribution in [2.75, 3.05) is 44.9 Å². The molecule has 2 N–H and O–H groups in total. The van der Waals surface area contributed by atoms with Gasteiger partial charge in [0.2, 0.25) is 11.8 Å². The summed E-state index contributed by atoms with van der Waals surface area (Å²) in [5.74, 6) is -0.549. The molecule has 9 nitrogen and oxygen atoms in total. The topological polar surface area (TPSA) is 123 Å². The van der Waals surface area contributed by atoms with Gasteiger partial charge in [-0.25, -0.2) is 4.39 Å². The van der Waals surface area contributed by atoms with Crippen LogP contribution in [-0.2, 0) is 19.2 Å². The standard InChI is InChI=1S/C12H15N3O4.C7H8FN.C7H9N.C4H10/c1-14(11(18)2-3-16)7-12(19)15-6-9(8-17)4-10(15)5-13;1-9-7-4-2-3-6(8)5-7;1-8-7-5-3-2-4-6-7;1-4(2)3/h3,8-10H,2,4,6-7H2,1H3;2-5,9H,1H3;2-6,8H,1H3;4H,1-3H3. The second kappa shape index (κ2) is 20.7. The zero-order valence-corrected chi connectivity index (χ0v) is 24.3. The monoisotopic (exact) mass is 555 g/mol. The highest BCUT2D eigenvalue weighted by Crippen LogP contribution is 2.21. The predicted molar refractivity (Wildman–Crippen MR) is 156 cm³/mol. The maximum absolute atomic E-state index is 12.3. The number of nitrogens with zero attached hydrogens (tertiary/aromatic N) is 3. The molecule has 0 aliphatic carbocycles. The van der Waals surface area contributed by atoms with Gasteiger partial charge in [-0.15, -0.1) is 0 Å². The first kappa shape index (κ1) is 35.7. The van der Waals surface area contributed by atoms with Gasteiger partial charge < -0.3 is 30.0 Å². The zero-order chi connectivity index (χ0) is 30.5. The maximum Gasteiger partial charge on any atom is 0.243 e. The Balaban J connectivity index is 0.000000596. The van der Waals surface area contributed by atoms with Gasteiger partial charge in [0, 0.05) is 45.0 Å². The molecule has 1 saturated heterocycles. The first-order valence-electron chi connectivity index (χ1n) is 13.0. The molecule has 2 unspecified atom stereocenters. The van der Waals surface area contributed by atoms with Gasteiger partial charge in [0.25, 0.3) is 0 Å². The van der Waals surface area contributed by atoms with Crippen LogP contribution in [-0.4, -0.2) is 74.5 Å². The Hall–Kier alpha value is -4.26. The van der Waals surface area contributed by atoms with Crippen LogP contribution >= 0.6 is 0 Å². The summed E-state index contributed by atoms with van der Waals surface area (Å²) in [5.41, 5.74) is 1.96. The Labute approximate surface area is 237 Å². The normalized spacial score (nSPS) is 14.9. The van der Waals surface area contributed by atoms with Crippen molar-refractivity contribution in [3.63, 3.8) is 0 Å². The summed E-state index contributed by atoms with van der Waals surface area (Å²) >= 11 is 0. The third kappa shape index (κ3) is 15.2. The summed E-state index contributed by atoms with van der Waals surface area (Å²) in [7, 11) is 5.09. The van der Waals surface area contributed by atoms with Gasteiger partial charge in [-0.1, -0.05) is 45.0 Å². The van der Waals surface area contributed by atoms with Crippen LogP contribution in [0, 0.1) is 29.0 Å². The van der Waals surface area contributed by atoms with E-state index in [1.807, 2.05) is 49.5 Å². The van der Waals surface area contributed by atoms with E-state index in [9.17, 15) is 23.6 Å². The van der Waals surface area contributed by atoms with E-state index < -0.39 is 17.9 Å². The number of para-hydroxylation sites is 1. The van der Waals surface area contributed by atoms with E-state index in [0.717, 1.165) is 28.5 Å². The van der Waals surface area contributed by atoms with Gasteiger partial charge in [-0.3, -0.25) is 9.59 Å². The summed E-state index contributed by atoms with van der Waals surface area (Å²) in [6.45, 7) is 6.51. The summed E-state index contributed by atoms with van der Waals surface area (Å²) in [5, 5.41) is 14.8. The zero-order valence-electron chi connectivity index (χ0n) is 24.3. The average molecular weight is 556 g/mol. The number of rotatable bonds is 7. The van der Waals surface area contributed by atoms with Crippen LogP contribution in [0.25, 0.3) is 0 Å². The molecular formula is C30H42FN5O4. The van der Waals surface area contributed by atoms with Crippen LogP contribution in [0.5, 0.6) is 0 Å². The van der Waals surface area contributed by atoms with Crippen molar-refractivity contribution < 1.29 is 23.6 Å². The van der Waals surface area contributed by atoms with Crippen molar-refractivity contribution in [3.05, 3.63) is 60.4 Å². The molecule has 2 aromatic rings. The number of nitriles is 1. The third-order valence-corrected chi connectivity index (χ3v) is 5.23. The van der Waals surface area contributed by atoms with Gasteiger partial charge in [0.15, 0.2) is 0 Å². The fourth-order valence-electron chi connectivity index (χ4n) is 3.22. The van der Waals surface area contributed by atoms with Crippen LogP contribution in [0.2, 0.25) is 0 Å². The second-order valence-electron chi connectivity index (χ2n) is 9.55. The van der Waals surface area contributed by atoms with Crippen LogP contribution < -0.4 is 10.6 Å². The quantitative estimate of drug-likeness (QED) is 0.387. The number of anilines is 2. The number of hydrogen-bond acceptors (Lipinski definition) is 7. The molecule has 2 aromatic carbocycles. The van der Waals surface area contributed by atoms with Crippen LogP contribution in [0.4, 0.5) is 15.8 Å². The number of likely N-dealkylation sites (N-methyl/N-ethyl adjacent to an activating group) is 1. The van der Waals surface area contributed by atoms with Crippen molar-refractivity contribution in [1.82, 2.24) is 9.80 Å². The van der Waals surface area contributed by atoms with Crippen molar-refractivity contribution in [3.8, 4) is 6.07 Å². The first-order chi connectivity index (χ1) is 19.0. The van der Waals surface area contributed by atoms with E-state index in [-0.39, 0.29) is 31.2 Å². The Bertz CT molecular complexity index is 1070. The Morgan fingerprint density at radius 2 is 1.65 bits per heavy atom. The van der Waals surface area contributed by atoms with Crippen molar-refractivity contribution in [2.45, 2.75) is 39.7 Å². The molecular weight excluding hydrogens is 513 g/mol. The molecule has 0 aromatic heterocycles. The summed E-state index contributed by atoms with van der Waals surface area (Å²) < 4.78 is 12.3. The number of amides is 2. The fraction of sp³-hybridized carbons (Fsp3) is 0.433. The minimum atomic E-state index is -0.628. The molecule has 0 saturated carbocycles. The van der Waals surface area contributed by atoms with E-state index in [4.69, 9.17) is 5.26 Å². The van der Waals surface area contributed by atoms with E-state index in [1.165, 1.54) is 24.1 Å². The van der Waals surface area contributed by atoms with E-state index in [1.54, 1.807) is 13.1 Å². The highest BCUT2D eigenvalue weighted by atomic mass is 19.1. The number of benzene rings is 2. The van der Waals surface area contributed by atoms with Crippen molar-refractivity contribution in [2.24, 2.45) is 11.8 Å². The van der Waals surface area contributed by atoms with Crippen molar-refractivity contribution in [1.29, 1.82) is 5.26 Å². The summed E-state index contributed by atoms with van der Waals surface area (Å²) in [6.07, 6.45) is 1.26. The van der Waals surface area contributed by atoms with Gasteiger partial charge in [0.1, 0.15) is 24.4 Å². The third-order valence-electron chi connectivity index (χ3n) is 5.23. The Morgan fingerprint density at radius 1 is 1.07 bits per heavy atom. The maximum atomic E-state index is 12.3. The summed E-state index contributed by atoms with van der Waals surface area (Å²) in [6, 6.07) is 17.8. The smallest absolute Gasteiger partial charge is 0.243 e. The summed E-state index contributed by atoms with van der Waals surface area (Å²) in [4.78, 5) is 46.7. The number of aldehydes is 2. The Morgan fingerprint density at radius 3 is 2.08 bits per heavy atom. The van der Waals surface area contributed by atoms with Gasteiger partial charge in [-0.2, -0.15) is 5.26 Å². The molecule has 0 radical (unpaired) electrons.